The molecule has 1 atom stereocenters. The van der Waals surface area contributed by atoms with Crippen LogP contribution in [0.1, 0.15) is 39.4 Å². The Kier molecular flexibility index (Phi) is 5.56. The number of hydrogen-bond acceptors (Lipinski definition) is 3. The molecule has 0 saturated carbocycles. The molecule has 5 heteroatoms. The largest absolute Gasteiger partial charge is 0.340 e. The van der Waals surface area contributed by atoms with E-state index in [0.717, 1.165) is 5.82 Å². The molecule has 0 N–H and O–H groups in total. The van der Waals surface area contributed by atoms with Crippen molar-refractivity contribution in [2.75, 3.05) is 13.1 Å². The van der Waals surface area contributed by atoms with Crippen molar-refractivity contribution >= 4 is 5.91 Å². The lowest BCUT2D eigenvalue weighted by molar-refractivity contribution is -0.132. The first-order valence-corrected chi connectivity index (χ1v) is 6.68. The first kappa shape index (κ1) is 15.2. The van der Waals surface area contributed by atoms with Crippen LogP contribution < -0.4 is 0 Å². The van der Waals surface area contributed by atoms with Crippen molar-refractivity contribution in [1.82, 2.24) is 14.5 Å². The van der Waals surface area contributed by atoms with Gasteiger partial charge in [-0.3, -0.25) is 4.79 Å². The lowest BCUT2D eigenvalue weighted by Crippen LogP contribution is -2.36. The Bertz CT molecular complexity index is 458. The molecule has 0 aliphatic rings. The molecule has 1 aromatic rings. The topological polar surface area (TPSA) is 61.9 Å². The van der Waals surface area contributed by atoms with E-state index in [0.29, 0.717) is 19.6 Å². The smallest absolute Gasteiger partial charge is 0.242 e. The van der Waals surface area contributed by atoms with Crippen molar-refractivity contribution in [3.05, 3.63) is 18.2 Å². The maximum Gasteiger partial charge on any atom is 0.242 e. The van der Waals surface area contributed by atoms with Gasteiger partial charge in [0.2, 0.25) is 5.91 Å². The van der Waals surface area contributed by atoms with Gasteiger partial charge in [0, 0.05) is 31.4 Å². The molecule has 0 radical (unpaired) electrons. The summed E-state index contributed by atoms with van der Waals surface area (Å²) in [6, 6.07) is 2.16. The molecular weight excluding hydrogens is 240 g/mol. The van der Waals surface area contributed by atoms with E-state index in [4.69, 9.17) is 5.26 Å². The van der Waals surface area contributed by atoms with Crippen LogP contribution in [0.4, 0.5) is 0 Å². The van der Waals surface area contributed by atoms with Crippen LogP contribution in [-0.2, 0) is 11.3 Å². The Morgan fingerprint density at radius 3 is 2.74 bits per heavy atom. The van der Waals surface area contributed by atoms with Crippen molar-refractivity contribution < 1.29 is 4.79 Å². The lowest BCUT2D eigenvalue weighted by Gasteiger charge is -2.22. The SMILES string of the molecule is CCN(C[C@H](C)C#N)C(=O)Cn1ccnc1C(C)C. The number of aromatic nitrogens is 2. The van der Waals surface area contributed by atoms with Gasteiger partial charge in [-0.25, -0.2) is 4.98 Å². The number of amides is 1. The van der Waals surface area contributed by atoms with Crippen LogP contribution in [0.15, 0.2) is 12.4 Å². The average Bonchev–Trinajstić information content (AvgIpc) is 2.83. The lowest BCUT2D eigenvalue weighted by atomic mass is 10.2. The summed E-state index contributed by atoms with van der Waals surface area (Å²) in [7, 11) is 0. The summed E-state index contributed by atoms with van der Waals surface area (Å²) in [5.74, 6) is 1.09. The molecule has 0 saturated heterocycles. The normalized spacial score (nSPS) is 12.2. The number of likely N-dealkylation sites (N-methyl/N-ethyl adjacent to an activating group) is 1. The second-order valence-electron chi connectivity index (χ2n) is 5.03. The van der Waals surface area contributed by atoms with E-state index in [9.17, 15) is 4.79 Å². The second kappa shape index (κ2) is 6.93. The molecule has 5 nitrogen and oxygen atoms in total. The maximum atomic E-state index is 12.2. The molecule has 19 heavy (non-hydrogen) atoms. The quantitative estimate of drug-likeness (QED) is 0.788. The van der Waals surface area contributed by atoms with Gasteiger partial charge in [-0.15, -0.1) is 0 Å². The van der Waals surface area contributed by atoms with Crippen molar-refractivity contribution in [3.8, 4) is 6.07 Å². The van der Waals surface area contributed by atoms with E-state index in [1.165, 1.54) is 0 Å². The Labute approximate surface area is 114 Å². The maximum absolute atomic E-state index is 12.2. The number of hydrogen-bond donors (Lipinski definition) is 0. The molecule has 104 valence electrons. The summed E-state index contributed by atoms with van der Waals surface area (Å²) < 4.78 is 1.88. The summed E-state index contributed by atoms with van der Waals surface area (Å²) in [4.78, 5) is 18.2. The van der Waals surface area contributed by atoms with Crippen LogP contribution in [-0.4, -0.2) is 33.4 Å². The molecule has 0 aliphatic heterocycles. The second-order valence-corrected chi connectivity index (χ2v) is 5.03. The molecule has 0 bridgehead atoms. The Balaban J connectivity index is 2.72. The van der Waals surface area contributed by atoms with Crippen molar-refractivity contribution in [3.63, 3.8) is 0 Å². The number of carbonyl (C=O) groups is 1. The third kappa shape index (κ3) is 4.09. The van der Waals surface area contributed by atoms with E-state index in [1.54, 1.807) is 11.1 Å². The molecule has 0 fully saturated rings. The highest BCUT2D eigenvalue weighted by atomic mass is 16.2. The van der Waals surface area contributed by atoms with Gasteiger partial charge in [0.05, 0.1) is 12.0 Å². The van der Waals surface area contributed by atoms with E-state index in [-0.39, 0.29) is 17.7 Å². The zero-order valence-electron chi connectivity index (χ0n) is 12.1. The number of imidazole rings is 1. The third-order valence-corrected chi connectivity index (χ3v) is 3.02. The first-order chi connectivity index (χ1) is 8.99. The molecule has 0 aliphatic carbocycles. The number of rotatable bonds is 6. The van der Waals surface area contributed by atoms with Crippen molar-refractivity contribution in [2.24, 2.45) is 5.92 Å². The Morgan fingerprint density at radius 1 is 1.53 bits per heavy atom. The van der Waals surface area contributed by atoms with Crippen LogP contribution in [0, 0.1) is 17.2 Å². The average molecular weight is 262 g/mol. The van der Waals surface area contributed by atoms with Crippen molar-refractivity contribution in [1.29, 1.82) is 5.26 Å². The van der Waals surface area contributed by atoms with Crippen LogP contribution in [0.2, 0.25) is 0 Å². The van der Waals surface area contributed by atoms with Gasteiger partial charge < -0.3 is 9.47 Å². The molecule has 1 aromatic heterocycles. The summed E-state index contributed by atoms with van der Waals surface area (Å²) in [6.07, 6.45) is 3.55. The van der Waals surface area contributed by atoms with E-state index in [1.807, 2.05) is 24.6 Å². The predicted octanol–water partition coefficient (Wildman–Crippen LogP) is 2.01. The summed E-state index contributed by atoms with van der Waals surface area (Å²) in [6.45, 7) is 9.26. The van der Waals surface area contributed by atoms with Gasteiger partial charge in [-0.1, -0.05) is 13.8 Å². The van der Waals surface area contributed by atoms with E-state index < -0.39 is 0 Å². The molecule has 0 aromatic carbocycles. The van der Waals surface area contributed by atoms with E-state index >= 15 is 0 Å². The number of nitriles is 1. The van der Waals surface area contributed by atoms with Crippen LogP contribution >= 0.6 is 0 Å². The van der Waals surface area contributed by atoms with Gasteiger partial charge in [0.1, 0.15) is 12.4 Å². The van der Waals surface area contributed by atoms with Gasteiger partial charge in [0.25, 0.3) is 0 Å². The highest BCUT2D eigenvalue weighted by Crippen LogP contribution is 2.12. The zero-order valence-corrected chi connectivity index (χ0v) is 12.1. The molecule has 1 rings (SSSR count). The minimum Gasteiger partial charge on any atom is -0.340 e. The fourth-order valence-corrected chi connectivity index (χ4v) is 1.98. The fourth-order valence-electron chi connectivity index (χ4n) is 1.98. The zero-order chi connectivity index (χ0) is 14.4. The minimum absolute atomic E-state index is 0.0319. The van der Waals surface area contributed by atoms with Gasteiger partial charge in [-0.2, -0.15) is 5.26 Å². The minimum atomic E-state index is -0.142. The summed E-state index contributed by atoms with van der Waals surface area (Å²) in [5.41, 5.74) is 0. The van der Waals surface area contributed by atoms with Gasteiger partial charge >= 0.3 is 0 Å². The molecule has 1 amide bonds. The van der Waals surface area contributed by atoms with E-state index in [2.05, 4.69) is 24.9 Å². The number of nitrogens with zero attached hydrogens (tertiary/aromatic N) is 4. The van der Waals surface area contributed by atoms with Crippen molar-refractivity contribution in [2.45, 2.75) is 40.2 Å². The van der Waals surface area contributed by atoms with Crippen LogP contribution in [0.5, 0.6) is 0 Å². The highest BCUT2D eigenvalue weighted by Gasteiger charge is 2.17. The Hall–Kier alpha value is -1.83. The molecular formula is C14H22N4O. The molecule has 0 unspecified atom stereocenters. The molecule has 1 heterocycles. The number of carbonyl (C=O) groups excluding carboxylic acids is 1. The standard InChI is InChI=1S/C14H22N4O/c1-5-17(9-12(4)8-15)13(19)10-18-7-6-16-14(18)11(2)3/h6-7,11-12H,5,9-10H2,1-4H3/t12-/m1/s1. The Morgan fingerprint density at radius 2 is 2.21 bits per heavy atom. The fraction of sp³-hybridized carbons (Fsp3) is 0.643. The monoisotopic (exact) mass is 262 g/mol. The van der Waals surface area contributed by atoms with Gasteiger partial charge in [-0.05, 0) is 13.8 Å². The van der Waals surface area contributed by atoms with Gasteiger partial charge in [0.15, 0.2) is 0 Å². The van der Waals surface area contributed by atoms with Crippen LogP contribution in [0.3, 0.4) is 0 Å². The summed E-state index contributed by atoms with van der Waals surface area (Å²) >= 11 is 0. The molecule has 0 spiro atoms. The summed E-state index contributed by atoms with van der Waals surface area (Å²) in [5, 5.41) is 8.83. The predicted molar refractivity (Wildman–Crippen MR) is 73.3 cm³/mol. The first-order valence-electron chi connectivity index (χ1n) is 6.68. The van der Waals surface area contributed by atoms with Crippen LogP contribution in [0.25, 0.3) is 0 Å². The third-order valence-electron chi connectivity index (χ3n) is 3.02. The highest BCUT2D eigenvalue weighted by molar-refractivity contribution is 5.76.